The molecule has 0 saturated carbocycles. The Bertz CT molecular complexity index is 585. The zero-order chi connectivity index (χ0) is 13.3. The molecule has 0 aromatic heterocycles. The van der Waals surface area contributed by atoms with Crippen molar-refractivity contribution >= 4 is 23.0 Å². The van der Waals surface area contributed by atoms with Crippen LogP contribution in [0, 0.1) is 0 Å². The topological polar surface area (TPSA) is 27.3 Å². The lowest BCUT2D eigenvalue weighted by Crippen LogP contribution is -2.45. The van der Waals surface area contributed by atoms with Crippen LogP contribution in [-0.2, 0) is 5.66 Å². The van der Waals surface area contributed by atoms with Gasteiger partial charge in [-0.2, -0.15) is 5.43 Å². The van der Waals surface area contributed by atoms with E-state index < -0.39 is 0 Å². The Hall–Kier alpha value is -1.91. The molecule has 1 fully saturated rings. The van der Waals surface area contributed by atoms with Gasteiger partial charge in [-0.3, -0.25) is 0 Å². The van der Waals surface area contributed by atoms with E-state index in [1.54, 1.807) is 0 Å². The predicted molar refractivity (Wildman–Crippen MR) is 81.6 cm³/mol. The summed E-state index contributed by atoms with van der Waals surface area (Å²) in [5.74, 6) is 0. The standard InChI is InChI=1S/C15H15N3S/c1-15(12-8-4-2-5-9-12)16-14(19)18(17-15)13-10-6-3-7-11-13/h2-11,17H,1H3,(H,16,19)/t15-/m0/s1. The quantitative estimate of drug-likeness (QED) is 0.820. The second-order valence-electron chi connectivity index (χ2n) is 4.70. The Morgan fingerprint density at radius 1 is 0.947 bits per heavy atom. The van der Waals surface area contributed by atoms with Crippen LogP contribution in [0.5, 0.6) is 0 Å². The maximum absolute atomic E-state index is 5.42. The smallest absolute Gasteiger partial charge is 0.190 e. The molecule has 3 rings (SSSR count). The molecule has 2 N–H and O–H groups in total. The van der Waals surface area contributed by atoms with Crippen LogP contribution in [0.3, 0.4) is 0 Å². The summed E-state index contributed by atoms with van der Waals surface area (Å²) in [6.45, 7) is 2.08. The number of hydrogen-bond donors (Lipinski definition) is 2. The number of thiocarbonyl (C=S) groups is 1. The van der Waals surface area contributed by atoms with Crippen molar-refractivity contribution in [2.75, 3.05) is 5.01 Å². The van der Waals surface area contributed by atoms with Gasteiger partial charge in [-0.25, -0.2) is 5.01 Å². The number of nitrogens with zero attached hydrogens (tertiary/aromatic N) is 1. The minimum Gasteiger partial charge on any atom is -0.338 e. The van der Waals surface area contributed by atoms with Crippen molar-refractivity contribution in [2.45, 2.75) is 12.6 Å². The first-order valence-corrected chi connectivity index (χ1v) is 6.60. The molecule has 0 spiro atoms. The molecule has 0 unspecified atom stereocenters. The van der Waals surface area contributed by atoms with Crippen molar-refractivity contribution in [1.29, 1.82) is 0 Å². The molecular formula is C15H15N3S. The van der Waals surface area contributed by atoms with Gasteiger partial charge in [0.2, 0.25) is 0 Å². The fourth-order valence-corrected chi connectivity index (χ4v) is 2.59. The summed E-state index contributed by atoms with van der Waals surface area (Å²) in [5.41, 5.74) is 5.23. The minimum atomic E-state index is -0.381. The second-order valence-corrected chi connectivity index (χ2v) is 5.09. The summed E-state index contributed by atoms with van der Waals surface area (Å²) in [4.78, 5) is 0. The average Bonchev–Trinajstić information content (AvgIpc) is 2.77. The van der Waals surface area contributed by atoms with Gasteiger partial charge in [0.15, 0.2) is 5.11 Å². The number of anilines is 1. The number of para-hydroxylation sites is 1. The molecule has 1 aliphatic heterocycles. The summed E-state index contributed by atoms with van der Waals surface area (Å²) < 4.78 is 0. The van der Waals surface area contributed by atoms with Gasteiger partial charge < -0.3 is 5.32 Å². The van der Waals surface area contributed by atoms with E-state index >= 15 is 0 Å². The number of rotatable bonds is 2. The van der Waals surface area contributed by atoms with Gasteiger partial charge in [0.1, 0.15) is 5.66 Å². The first-order chi connectivity index (χ1) is 9.19. The highest BCUT2D eigenvalue weighted by molar-refractivity contribution is 7.80. The van der Waals surface area contributed by atoms with Crippen molar-refractivity contribution in [1.82, 2.24) is 10.7 Å². The molecule has 2 aromatic carbocycles. The van der Waals surface area contributed by atoms with Crippen LogP contribution in [0.25, 0.3) is 0 Å². The van der Waals surface area contributed by atoms with E-state index in [-0.39, 0.29) is 5.66 Å². The van der Waals surface area contributed by atoms with E-state index in [1.165, 1.54) is 0 Å². The zero-order valence-electron chi connectivity index (χ0n) is 10.6. The first kappa shape index (κ1) is 12.1. The summed E-state index contributed by atoms with van der Waals surface area (Å²) in [5, 5.41) is 5.92. The summed E-state index contributed by atoms with van der Waals surface area (Å²) >= 11 is 5.42. The van der Waals surface area contributed by atoms with Gasteiger partial charge >= 0.3 is 0 Å². The largest absolute Gasteiger partial charge is 0.338 e. The van der Waals surface area contributed by atoms with Crippen molar-refractivity contribution < 1.29 is 0 Å². The molecule has 0 amide bonds. The van der Waals surface area contributed by atoms with Crippen LogP contribution in [-0.4, -0.2) is 5.11 Å². The van der Waals surface area contributed by atoms with Crippen molar-refractivity contribution in [2.24, 2.45) is 0 Å². The lowest BCUT2D eigenvalue weighted by molar-refractivity contribution is 0.389. The molecule has 1 aliphatic rings. The normalized spacial score (nSPS) is 22.4. The second kappa shape index (κ2) is 4.64. The third-order valence-electron chi connectivity index (χ3n) is 3.26. The van der Waals surface area contributed by atoms with E-state index in [2.05, 4.69) is 29.8 Å². The van der Waals surface area contributed by atoms with Gasteiger partial charge in [-0.15, -0.1) is 0 Å². The van der Waals surface area contributed by atoms with Gasteiger partial charge in [0, 0.05) is 0 Å². The van der Waals surface area contributed by atoms with E-state index in [9.17, 15) is 0 Å². The zero-order valence-corrected chi connectivity index (χ0v) is 11.4. The fourth-order valence-electron chi connectivity index (χ4n) is 2.24. The van der Waals surface area contributed by atoms with E-state index in [0.29, 0.717) is 5.11 Å². The third-order valence-corrected chi connectivity index (χ3v) is 3.55. The Labute approximate surface area is 118 Å². The molecule has 4 heteroatoms. The minimum absolute atomic E-state index is 0.381. The van der Waals surface area contributed by atoms with Crippen molar-refractivity contribution in [3.63, 3.8) is 0 Å². The summed E-state index contributed by atoms with van der Waals surface area (Å²) in [6.07, 6.45) is 0. The highest BCUT2D eigenvalue weighted by Crippen LogP contribution is 2.25. The summed E-state index contributed by atoms with van der Waals surface area (Å²) in [7, 11) is 0. The monoisotopic (exact) mass is 269 g/mol. The van der Waals surface area contributed by atoms with Crippen LogP contribution in [0.4, 0.5) is 5.69 Å². The molecule has 1 atom stereocenters. The molecule has 19 heavy (non-hydrogen) atoms. The Morgan fingerprint density at radius 3 is 2.16 bits per heavy atom. The van der Waals surface area contributed by atoms with E-state index in [4.69, 9.17) is 12.2 Å². The maximum Gasteiger partial charge on any atom is 0.190 e. The Morgan fingerprint density at radius 2 is 1.53 bits per heavy atom. The summed E-state index contributed by atoms with van der Waals surface area (Å²) in [6, 6.07) is 20.3. The molecule has 2 aromatic rings. The van der Waals surface area contributed by atoms with Crippen LogP contribution < -0.4 is 15.8 Å². The van der Waals surface area contributed by atoms with E-state index in [1.807, 2.05) is 53.5 Å². The third kappa shape index (κ3) is 2.20. The fraction of sp³-hybridized carbons (Fsp3) is 0.133. The molecule has 0 bridgehead atoms. The molecule has 1 saturated heterocycles. The number of hydrogen-bond acceptors (Lipinski definition) is 2. The molecule has 3 nitrogen and oxygen atoms in total. The van der Waals surface area contributed by atoms with Crippen LogP contribution in [0.2, 0.25) is 0 Å². The first-order valence-electron chi connectivity index (χ1n) is 6.20. The number of nitrogens with one attached hydrogen (secondary N) is 2. The van der Waals surface area contributed by atoms with Crippen LogP contribution in [0.1, 0.15) is 12.5 Å². The molecule has 0 radical (unpaired) electrons. The Balaban J connectivity index is 1.92. The highest BCUT2D eigenvalue weighted by atomic mass is 32.1. The number of hydrazine groups is 1. The SMILES string of the molecule is C[C@]1(c2ccccc2)NC(=S)N(c2ccccc2)N1. The lowest BCUT2D eigenvalue weighted by Gasteiger charge is -2.26. The van der Waals surface area contributed by atoms with Gasteiger partial charge in [-0.1, -0.05) is 48.5 Å². The maximum atomic E-state index is 5.42. The highest BCUT2D eigenvalue weighted by Gasteiger charge is 2.37. The molecule has 96 valence electrons. The molecular weight excluding hydrogens is 254 g/mol. The van der Waals surface area contributed by atoms with Crippen molar-refractivity contribution in [3.05, 3.63) is 66.2 Å². The van der Waals surface area contributed by atoms with Gasteiger partial charge in [0.25, 0.3) is 0 Å². The van der Waals surface area contributed by atoms with Crippen LogP contribution in [0.15, 0.2) is 60.7 Å². The van der Waals surface area contributed by atoms with Gasteiger partial charge in [0.05, 0.1) is 5.69 Å². The van der Waals surface area contributed by atoms with Gasteiger partial charge in [-0.05, 0) is 36.8 Å². The average molecular weight is 269 g/mol. The van der Waals surface area contributed by atoms with Crippen molar-refractivity contribution in [3.8, 4) is 0 Å². The lowest BCUT2D eigenvalue weighted by atomic mass is 10.0. The van der Waals surface area contributed by atoms with E-state index in [0.717, 1.165) is 11.3 Å². The molecule has 1 heterocycles. The Kier molecular flexibility index (Phi) is 2.97. The predicted octanol–water partition coefficient (Wildman–Crippen LogP) is 2.76. The van der Waals surface area contributed by atoms with Crippen LogP contribution >= 0.6 is 12.2 Å². The number of benzene rings is 2. The molecule has 0 aliphatic carbocycles.